The molecule has 2 rings (SSSR count). The molecule has 2 aliphatic rings. The van der Waals surface area contributed by atoms with Gasteiger partial charge in [0.15, 0.2) is 5.82 Å². The number of rotatable bonds is 1. The fraction of sp³-hybridized carbons (Fsp3) is 0.167. The molecular formula is C6H6N4O. The minimum Gasteiger partial charge on any atom is -0.416 e. The maximum absolute atomic E-state index is 4.88. The monoisotopic (exact) mass is 150 g/mol. The summed E-state index contributed by atoms with van der Waals surface area (Å²) in [4.78, 5) is 16.7. The third kappa shape index (κ3) is 0.899. The zero-order chi connectivity index (χ0) is 7.68. The molecule has 0 N–H and O–H groups in total. The van der Waals surface area contributed by atoms with E-state index in [2.05, 4.69) is 15.0 Å². The minimum atomic E-state index is 0.637. The molecule has 0 amide bonds. The Balaban J connectivity index is 2.59. The smallest absolute Gasteiger partial charge is 0.182 e. The van der Waals surface area contributed by atoms with E-state index < -0.39 is 0 Å². The van der Waals surface area contributed by atoms with Crippen molar-refractivity contribution < 1.29 is 4.84 Å². The molecule has 0 aliphatic carbocycles. The number of nitrogens with zero attached hydrogens (tertiary/aromatic N) is 4. The Morgan fingerprint density at radius 3 is 3.09 bits per heavy atom. The summed E-state index contributed by atoms with van der Waals surface area (Å²) in [5.74, 6) is 0.637. The predicted molar refractivity (Wildman–Crippen MR) is 36.9 cm³/mol. The predicted octanol–water partition coefficient (Wildman–Crippen LogP) is -0.164. The van der Waals surface area contributed by atoms with Crippen LogP contribution in [0.1, 0.15) is 0 Å². The standard InChI is InChI=1S/C6H6N4O/c1-11-10-2-5-6(9-4-10)8-3-7-5/h2-4H,1H3. The fourth-order valence-corrected chi connectivity index (χ4v) is 0.825. The summed E-state index contributed by atoms with van der Waals surface area (Å²) in [7, 11) is 1.56. The molecule has 11 heavy (non-hydrogen) atoms. The zero-order valence-electron chi connectivity index (χ0n) is 5.93. The van der Waals surface area contributed by atoms with Crippen LogP contribution in [0.2, 0.25) is 0 Å². The highest BCUT2D eigenvalue weighted by Crippen LogP contribution is 2.10. The average molecular weight is 150 g/mol. The van der Waals surface area contributed by atoms with Gasteiger partial charge in [-0.3, -0.25) is 0 Å². The molecule has 0 aromatic rings. The lowest BCUT2D eigenvalue weighted by Crippen LogP contribution is -2.07. The Labute approximate surface area is 63.0 Å². The Hall–Kier alpha value is -1.65. The summed E-state index contributed by atoms with van der Waals surface area (Å²) in [5, 5.41) is 0. The van der Waals surface area contributed by atoms with Crippen LogP contribution in [-0.2, 0) is 0 Å². The van der Waals surface area contributed by atoms with E-state index in [9.17, 15) is 0 Å². The molecule has 0 aromatic heterocycles. The molecule has 5 nitrogen and oxygen atoms in total. The van der Waals surface area contributed by atoms with Gasteiger partial charge in [0.2, 0.25) is 0 Å². The van der Waals surface area contributed by atoms with Crippen LogP contribution in [-0.4, -0.2) is 26.8 Å². The van der Waals surface area contributed by atoms with Crippen molar-refractivity contribution in [2.75, 3.05) is 7.11 Å². The SMILES string of the molecule is COn1cnc2ncnc-2c1. The number of fused-ring (bicyclic) bond motifs is 1. The van der Waals surface area contributed by atoms with E-state index in [1.54, 1.807) is 13.3 Å². The van der Waals surface area contributed by atoms with E-state index >= 15 is 0 Å². The molecule has 0 atom stereocenters. The summed E-state index contributed by atoms with van der Waals surface area (Å²) in [6, 6.07) is 0. The highest BCUT2D eigenvalue weighted by atomic mass is 16.6. The minimum absolute atomic E-state index is 0.637. The molecule has 2 heterocycles. The first-order valence-corrected chi connectivity index (χ1v) is 3.09. The van der Waals surface area contributed by atoms with E-state index in [1.807, 2.05) is 0 Å². The lowest BCUT2D eigenvalue weighted by Gasteiger charge is -2.02. The molecule has 56 valence electrons. The molecular weight excluding hydrogens is 144 g/mol. The lowest BCUT2D eigenvalue weighted by atomic mass is 10.4. The first-order valence-electron chi connectivity index (χ1n) is 3.09. The van der Waals surface area contributed by atoms with Gasteiger partial charge in [-0.2, -0.15) is 4.73 Å². The Morgan fingerprint density at radius 2 is 2.27 bits per heavy atom. The molecule has 0 saturated carbocycles. The van der Waals surface area contributed by atoms with Gasteiger partial charge in [0.1, 0.15) is 25.5 Å². The number of imidazole rings is 1. The van der Waals surface area contributed by atoms with Crippen LogP contribution in [0.15, 0.2) is 18.9 Å². The molecule has 0 spiro atoms. The van der Waals surface area contributed by atoms with Crippen LogP contribution in [0.4, 0.5) is 0 Å². The van der Waals surface area contributed by atoms with Crippen molar-refractivity contribution in [1.82, 2.24) is 19.7 Å². The van der Waals surface area contributed by atoms with Crippen molar-refractivity contribution >= 4 is 0 Å². The largest absolute Gasteiger partial charge is 0.416 e. The third-order valence-corrected chi connectivity index (χ3v) is 1.36. The second-order valence-corrected chi connectivity index (χ2v) is 2.00. The molecule has 0 aromatic carbocycles. The van der Waals surface area contributed by atoms with Gasteiger partial charge < -0.3 is 4.84 Å². The zero-order valence-corrected chi connectivity index (χ0v) is 5.93. The summed E-state index contributed by atoms with van der Waals surface area (Å²) in [6.45, 7) is 0. The highest BCUT2D eigenvalue weighted by Gasteiger charge is 2.05. The van der Waals surface area contributed by atoms with Gasteiger partial charge in [0, 0.05) is 0 Å². The van der Waals surface area contributed by atoms with Gasteiger partial charge in [-0.25, -0.2) is 15.0 Å². The van der Waals surface area contributed by atoms with Crippen LogP contribution in [0.25, 0.3) is 11.5 Å². The summed E-state index contributed by atoms with van der Waals surface area (Å²) in [6.07, 6.45) is 4.73. The van der Waals surface area contributed by atoms with Crippen LogP contribution in [0.3, 0.4) is 0 Å². The van der Waals surface area contributed by atoms with Crippen molar-refractivity contribution in [2.45, 2.75) is 0 Å². The average Bonchev–Trinajstić information content (AvgIpc) is 2.50. The van der Waals surface area contributed by atoms with Crippen LogP contribution in [0, 0.1) is 0 Å². The maximum atomic E-state index is 4.88. The second-order valence-electron chi connectivity index (χ2n) is 2.00. The number of hydrogen-bond donors (Lipinski definition) is 0. The Bertz CT molecular complexity index is 331. The number of aromatic nitrogens is 4. The number of hydrogen-bond acceptors (Lipinski definition) is 4. The maximum Gasteiger partial charge on any atom is 0.182 e. The Morgan fingerprint density at radius 1 is 1.36 bits per heavy atom. The Kier molecular flexibility index (Phi) is 1.21. The first kappa shape index (κ1) is 6.09. The third-order valence-electron chi connectivity index (χ3n) is 1.36. The van der Waals surface area contributed by atoms with Crippen LogP contribution in [0.5, 0.6) is 0 Å². The van der Waals surface area contributed by atoms with Crippen molar-refractivity contribution in [3.05, 3.63) is 18.9 Å². The van der Waals surface area contributed by atoms with E-state index in [0.717, 1.165) is 5.69 Å². The van der Waals surface area contributed by atoms with Gasteiger partial charge in [0.05, 0.1) is 6.20 Å². The summed E-state index contributed by atoms with van der Waals surface area (Å²) < 4.78 is 1.47. The summed E-state index contributed by atoms with van der Waals surface area (Å²) >= 11 is 0. The highest BCUT2D eigenvalue weighted by molar-refractivity contribution is 5.47. The van der Waals surface area contributed by atoms with Gasteiger partial charge in [0.25, 0.3) is 0 Å². The molecule has 5 heteroatoms. The summed E-state index contributed by atoms with van der Waals surface area (Å²) in [5.41, 5.74) is 0.731. The van der Waals surface area contributed by atoms with E-state index in [-0.39, 0.29) is 0 Å². The van der Waals surface area contributed by atoms with E-state index in [1.165, 1.54) is 17.4 Å². The molecule has 0 fully saturated rings. The first-order chi connectivity index (χ1) is 5.40. The fourth-order valence-electron chi connectivity index (χ4n) is 0.825. The van der Waals surface area contributed by atoms with Gasteiger partial charge in [-0.1, -0.05) is 0 Å². The molecule has 0 radical (unpaired) electrons. The normalized spacial score (nSPS) is 10.3. The van der Waals surface area contributed by atoms with Crippen molar-refractivity contribution in [3.8, 4) is 11.5 Å². The van der Waals surface area contributed by atoms with E-state index in [0.29, 0.717) is 5.82 Å². The van der Waals surface area contributed by atoms with Gasteiger partial charge >= 0.3 is 0 Å². The second kappa shape index (κ2) is 2.19. The molecule has 0 unspecified atom stereocenters. The van der Waals surface area contributed by atoms with Gasteiger partial charge in [-0.15, -0.1) is 0 Å². The van der Waals surface area contributed by atoms with E-state index in [4.69, 9.17) is 4.84 Å². The topological polar surface area (TPSA) is 52.8 Å². The van der Waals surface area contributed by atoms with Crippen molar-refractivity contribution in [1.29, 1.82) is 0 Å². The van der Waals surface area contributed by atoms with Crippen LogP contribution >= 0.6 is 0 Å². The molecule has 0 bridgehead atoms. The van der Waals surface area contributed by atoms with Crippen molar-refractivity contribution in [2.24, 2.45) is 0 Å². The lowest BCUT2D eigenvalue weighted by molar-refractivity contribution is 0.162. The van der Waals surface area contributed by atoms with Gasteiger partial charge in [-0.05, 0) is 0 Å². The molecule has 2 aliphatic heterocycles. The quantitative estimate of drug-likeness (QED) is 0.566. The molecule has 0 saturated heterocycles. The van der Waals surface area contributed by atoms with Crippen LogP contribution < -0.4 is 4.84 Å². The van der Waals surface area contributed by atoms with Crippen molar-refractivity contribution in [3.63, 3.8) is 0 Å².